The predicted molar refractivity (Wildman–Crippen MR) is 193 cm³/mol. The molecule has 0 saturated heterocycles. The van der Waals surface area contributed by atoms with Crippen molar-refractivity contribution in [3.05, 3.63) is 65.3 Å². The molecule has 2 aliphatic rings. The van der Waals surface area contributed by atoms with E-state index in [9.17, 15) is 27.6 Å². The summed E-state index contributed by atoms with van der Waals surface area (Å²) in [5, 5.41) is 24.7. The van der Waals surface area contributed by atoms with Crippen molar-refractivity contribution in [3.8, 4) is 11.4 Å². The number of amides is 3. The van der Waals surface area contributed by atoms with Crippen LogP contribution < -0.4 is 20.9 Å². The number of aromatic amines is 1. The highest BCUT2D eigenvalue weighted by molar-refractivity contribution is 6.30. The molecule has 0 unspecified atom stereocenters. The van der Waals surface area contributed by atoms with Gasteiger partial charge in [0.1, 0.15) is 11.6 Å². The third-order valence-electron chi connectivity index (χ3n) is 8.44. The topological polar surface area (TPSA) is 209 Å². The van der Waals surface area contributed by atoms with Crippen molar-refractivity contribution < 1.29 is 42.2 Å². The lowest BCUT2D eigenvalue weighted by molar-refractivity contribution is -0.192. The van der Waals surface area contributed by atoms with E-state index in [1.54, 1.807) is 41.7 Å². The zero-order chi connectivity index (χ0) is 39.6. The lowest BCUT2D eigenvalue weighted by Gasteiger charge is -2.36. The highest BCUT2D eigenvalue weighted by atomic mass is 35.5. The summed E-state index contributed by atoms with van der Waals surface area (Å²) in [6.07, 6.45) is 0.727. The van der Waals surface area contributed by atoms with E-state index in [4.69, 9.17) is 32.0 Å². The minimum Gasteiger partial charge on any atom is -0.475 e. The Morgan fingerprint density at radius 1 is 1.06 bits per heavy atom. The minimum atomic E-state index is -5.08. The Morgan fingerprint density at radius 3 is 2.20 bits per heavy atom. The van der Waals surface area contributed by atoms with Crippen molar-refractivity contribution in [1.82, 2.24) is 25.9 Å². The van der Waals surface area contributed by atoms with Crippen molar-refractivity contribution in [2.75, 3.05) is 22.9 Å². The summed E-state index contributed by atoms with van der Waals surface area (Å²) in [4.78, 5) is 56.1. The van der Waals surface area contributed by atoms with E-state index in [1.165, 1.54) is 0 Å². The molecular formula is C35H41ClF3N9O6. The Kier molecular flexibility index (Phi) is 13.7. The van der Waals surface area contributed by atoms with E-state index >= 15 is 0 Å². The van der Waals surface area contributed by atoms with Gasteiger partial charge in [0.05, 0.1) is 17.9 Å². The fraction of sp³-hybridized carbons (Fsp3) is 0.429. The summed E-state index contributed by atoms with van der Waals surface area (Å²) in [6, 6.07) is 13.8. The molecule has 54 heavy (non-hydrogen) atoms. The number of alkyl carbamates (subject to hydrolysis) is 1. The second-order valence-corrected chi connectivity index (χ2v) is 14.1. The largest absolute Gasteiger partial charge is 0.490 e. The molecule has 3 aromatic rings. The average molecular weight is 776 g/mol. The number of anilines is 2. The average Bonchev–Trinajstić information content (AvgIpc) is 3.66. The van der Waals surface area contributed by atoms with E-state index in [0.717, 1.165) is 24.1 Å². The first-order valence-electron chi connectivity index (χ1n) is 16.9. The van der Waals surface area contributed by atoms with Crippen LogP contribution in [0.3, 0.4) is 0 Å². The van der Waals surface area contributed by atoms with E-state index in [1.807, 2.05) is 49.9 Å². The molecule has 3 amide bonds. The summed E-state index contributed by atoms with van der Waals surface area (Å²) in [5.41, 5.74) is 8.43. The van der Waals surface area contributed by atoms with Crippen LogP contribution in [0.4, 0.5) is 29.3 Å². The highest BCUT2D eigenvalue weighted by Crippen LogP contribution is 2.33. The molecule has 5 rings (SSSR count). The Bertz CT molecular complexity index is 1810. The number of carbonyl (C=O) groups excluding carboxylic acids is 3. The molecule has 1 aliphatic carbocycles. The van der Waals surface area contributed by atoms with Crippen LogP contribution >= 0.6 is 11.6 Å². The number of carbonyl (C=O) groups is 4. The van der Waals surface area contributed by atoms with E-state index in [-0.39, 0.29) is 24.2 Å². The van der Waals surface area contributed by atoms with Crippen LogP contribution in [0.2, 0.25) is 0 Å². The second kappa shape index (κ2) is 18.0. The maximum absolute atomic E-state index is 14.3. The van der Waals surface area contributed by atoms with Crippen molar-refractivity contribution in [1.29, 1.82) is 0 Å². The van der Waals surface area contributed by atoms with Gasteiger partial charge >= 0.3 is 18.2 Å². The number of nitrogens with two attached hydrogens (primary N) is 1. The standard InChI is InChI=1S/C33H40ClN9O4.C2HF3O2/c1-33(2,3)47-32(46)37-17-22-4-8-24(9-5-22)31(45)43(27-14-10-23(11-15-27)30-38-40-41-39-30)28(29(35)44)16-21-6-12-26(13-7-21)42-19-25(34)18-36-20-42;3-2(4,5)1(6)7/h6-7,10-15,18,20,22,24,28H,4-5,8-9,16-17,19H2,1-3H3,(H2,35,44)(H,37,46)(H,38,39,40,41);(H,6,7)/t22?,24?,28-;/m0./s1. The maximum Gasteiger partial charge on any atom is 0.490 e. The number of nitrogens with one attached hydrogen (secondary N) is 2. The van der Waals surface area contributed by atoms with E-state index < -0.39 is 35.8 Å². The summed E-state index contributed by atoms with van der Waals surface area (Å²) in [6.45, 7) is 6.45. The Balaban J connectivity index is 0.000000845. The Hall–Kier alpha value is -5.52. The van der Waals surface area contributed by atoms with Gasteiger partial charge in [0, 0.05) is 42.0 Å². The summed E-state index contributed by atoms with van der Waals surface area (Å²) >= 11 is 6.16. The normalized spacial score (nSPS) is 17.7. The number of benzene rings is 2. The van der Waals surface area contributed by atoms with Gasteiger partial charge in [0.15, 0.2) is 0 Å². The second-order valence-electron chi connectivity index (χ2n) is 13.7. The maximum atomic E-state index is 14.3. The van der Waals surface area contributed by atoms with Gasteiger partial charge in [-0.2, -0.15) is 18.4 Å². The zero-order valence-electron chi connectivity index (χ0n) is 29.7. The Labute approximate surface area is 313 Å². The van der Waals surface area contributed by atoms with Crippen LogP contribution in [0.25, 0.3) is 11.4 Å². The van der Waals surface area contributed by atoms with Crippen LogP contribution in [-0.2, 0) is 25.5 Å². The minimum absolute atomic E-state index is 0.165. The number of rotatable bonds is 10. The van der Waals surface area contributed by atoms with E-state index in [2.05, 4.69) is 30.9 Å². The van der Waals surface area contributed by atoms with Gasteiger partial charge in [-0.25, -0.2) is 14.6 Å². The molecule has 1 aromatic heterocycles. The summed E-state index contributed by atoms with van der Waals surface area (Å²) < 4.78 is 37.1. The van der Waals surface area contributed by atoms with Crippen LogP contribution in [-0.4, -0.2) is 86.9 Å². The number of hydrogen-bond donors (Lipinski definition) is 4. The molecule has 1 fully saturated rings. The fourth-order valence-electron chi connectivity index (χ4n) is 5.83. The third-order valence-corrected chi connectivity index (χ3v) is 8.66. The molecule has 5 N–H and O–H groups in total. The number of primary amides is 1. The zero-order valence-corrected chi connectivity index (χ0v) is 30.5. The van der Waals surface area contributed by atoms with Gasteiger partial charge < -0.3 is 25.8 Å². The SMILES string of the molecule is CC(C)(C)OC(=O)NCC1CCC(C(=O)N(c2ccc(-c3nn[nH]n3)cc2)[C@@H](Cc2ccc(N3C=NC=C(Cl)C3)cc2)C(N)=O)CC1.O=C(O)C(F)(F)F. The number of carboxylic acids is 1. The smallest absolute Gasteiger partial charge is 0.475 e. The van der Waals surface area contributed by atoms with Crippen molar-refractivity contribution in [3.63, 3.8) is 0 Å². The van der Waals surface area contributed by atoms with Gasteiger partial charge in [-0.05, 0) is 99.5 Å². The molecular weight excluding hydrogens is 735 g/mol. The number of carboxylic acid groups (broad SMARTS) is 1. The quantitative estimate of drug-likeness (QED) is 0.212. The number of alkyl halides is 3. The molecule has 2 aromatic carbocycles. The molecule has 15 nitrogen and oxygen atoms in total. The number of aliphatic carboxylic acids is 1. The monoisotopic (exact) mass is 775 g/mol. The predicted octanol–water partition coefficient (Wildman–Crippen LogP) is 5.19. The summed E-state index contributed by atoms with van der Waals surface area (Å²) in [5.74, 6) is -3.22. The molecule has 19 heteroatoms. The number of aromatic nitrogens is 4. The van der Waals surface area contributed by atoms with Crippen LogP contribution in [0.15, 0.2) is 64.8 Å². The van der Waals surface area contributed by atoms with Crippen molar-refractivity contribution in [2.45, 2.75) is 70.7 Å². The number of nitrogens with zero attached hydrogens (tertiary/aromatic N) is 6. The summed E-state index contributed by atoms with van der Waals surface area (Å²) in [7, 11) is 0. The van der Waals surface area contributed by atoms with Crippen LogP contribution in [0.1, 0.15) is 52.0 Å². The first kappa shape index (κ1) is 41.2. The van der Waals surface area contributed by atoms with E-state index in [0.29, 0.717) is 48.0 Å². The molecule has 0 bridgehead atoms. The van der Waals surface area contributed by atoms with Gasteiger partial charge in [-0.3, -0.25) is 14.5 Å². The molecule has 1 atom stereocenters. The number of ether oxygens (including phenoxy) is 1. The number of tetrazole rings is 1. The first-order chi connectivity index (χ1) is 25.4. The van der Waals surface area contributed by atoms with Gasteiger partial charge in [-0.15, -0.1) is 10.2 Å². The lowest BCUT2D eigenvalue weighted by atomic mass is 9.81. The van der Waals surface area contributed by atoms with Crippen LogP contribution in [0.5, 0.6) is 0 Å². The number of H-pyrrole nitrogens is 1. The molecule has 290 valence electrons. The number of aliphatic imine (C=N–C) groups is 1. The lowest BCUT2D eigenvalue weighted by Crippen LogP contribution is -2.52. The first-order valence-corrected chi connectivity index (χ1v) is 17.3. The van der Waals surface area contributed by atoms with Crippen LogP contribution in [0, 0.1) is 11.8 Å². The van der Waals surface area contributed by atoms with Crippen molar-refractivity contribution in [2.24, 2.45) is 22.6 Å². The third kappa shape index (κ3) is 12.0. The van der Waals surface area contributed by atoms with Gasteiger partial charge in [-0.1, -0.05) is 23.7 Å². The molecule has 0 radical (unpaired) electrons. The fourth-order valence-corrected chi connectivity index (χ4v) is 6.02. The molecule has 0 spiro atoms. The molecule has 1 aliphatic heterocycles. The van der Waals surface area contributed by atoms with Gasteiger partial charge in [0.2, 0.25) is 17.6 Å². The number of halogens is 4. The highest BCUT2D eigenvalue weighted by Gasteiger charge is 2.38. The molecule has 2 heterocycles. The molecule has 1 saturated carbocycles. The Morgan fingerprint density at radius 2 is 1.69 bits per heavy atom. The van der Waals surface area contributed by atoms with Gasteiger partial charge in [0.25, 0.3) is 0 Å². The van der Waals surface area contributed by atoms with Crippen molar-refractivity contribution >= 4 is 53.2 Å². The number of hydrogen-bond acceptors (Lipinski definition) is 10.